The van der Waals surface area contributed by atoms with E-state index in [1.54, 1.807) is 12.1 Å². The molecule has 8 nitrogen and oxygen atoms in total. The highest BCUT2D eigenvalue weighted by atomic mass is 19.1. The molecule has 0 bridgehead atoms. The third kappa shape index (κ3) is 5.24. The van der Waals surface area contributed by atoms with Crippen molar-refractivity contribution in [3.63, 3.8) is 0 Å². The summed E-state index contributed by atoms with van der Waals surface area (Å²) in [4.78, 5) is 35.9. The molecular formula is C18H18FN3O5. The van der Waals surface area contributed by atoms with Crippen LogP contribution in [0.1, 0.15) is 15.9 Å². The smallest absolute Gasteiger partial charge is 0.338 e. The van der Waals surface area contributed by atoms with Crippen LogP contribution in [0.25, 0.3) is 0 Å². The van der Waals surface area contributed by atoms with Gasteiger partial charge in [0.25, 0.3) is 11.6 Å². The van der Waals surface area contributed by atoms with Crippen molar-refractivity contribution in [2.45, 2.75) is 6.54 Å². The first-order chi connectivity index (χ1) is 12.8. The maximum atomic E-state index is 12.9. The van der Waals surface area contributed by atoms with Crippen LogP contribution in [0.5, 0.6) is 0 Å². The molecule has 0 radical (unpaired) electrons. The number of nitrogens with zero attached hydrogens (tertiary/aromatic N) is 2. The van der Waals surface area contributed by atoms with Crippen LogP contribution in [-0.2, 0) is 16.1 Å². The van der Waals surface area contributed by atoms with Crippen molar-refractivity contribution in [1.82, 2.24) is 4.90 Å². The fraction of sp³-hybridized carbons (Fsp3) is 0.222. The lowest BCUT2D eigenvalue weighted by Gasteiger charge is -2.17. The summed E-state index contributed by atoms with van der Waals surface area (Å²) in [6, 6.07) is 9.51. The molecule has 0 aliphatic rings. The highest BCUT2D eigenvalue weighted by Crippen LogP contribution is 2.25. The van der Waals surface area contributed by atoms with Gasteiger partial charge in [0.15, 0.2) is 6.61 Å². The molecule has 0 fully saturated rings. The summed E-state index contributed by atoms with van der Waals surface area (Å²) in [6.45, 7) is -0.295. The van der Waals surface area contributed by atoms with Gasteiger partial charge in [0, 0.05) is 26.7 Å². The fourth-order valence-electron chi connectivity index (χ4n) is 2.29. The third-order valence-corrected chi connectivity index (χ3v) is 3.78. The van der Waals surface area contributed by atoms with Crippen LogP contribution in [0.15, 0.2) is 42.5 Å². The van der Waals surface area contributed by atoms with E-state index in [1.807, 2.05) is 0 Å². The van der Waals surface area contributed by atoms with Gasteiger partial charge in [-0.05, 0) is 29.8 Å². The van der Waals surface area contributed by atoms with E-state index in [4.69, 9.17) is 4.74 Å². The molecule has 2 aromatic rings. The number of amides is 1. The lowest BCUT2D eigenvalue weighted by Crippen LogP contribution is -2.30. The monoisotopic (exact) mass is 375 g/mol. The average molecular weight is 375 g/mol. The van der Waals surface area contributed by atoms with E-state index in [0.717, 1.165) is 11.6 Å². The highest BCUT2D eigenvalue weighted by Gasteiger charge is 2.19. The van der Waals surface area contributed by atoms with Crippen molar-refractivity contribution in [1.29, 1.82) is 0 Å². The Labute approximate surface area is 154 Å². The molecule has 1 N–H and O–H groups in total. The summed E-state index contributed by atoms with van der Waals surface area (Å²) < 4.78 is 17.8. The number of benzene rings is 2. The van der Waals surface area contributed by atoms with Gasteiger partial charge in [0.05, 0.1) is 10.5 Å². The van der Waals surface area contributed by atoms with E-state index in [1.165, 1.54) is 43.3 Å². The summed E-state index contributed by atoms with van der Waals surface area (Å²) in [6.07, 6.45) is 0. The lowest BCUT2D eigenvalue weighted by molar-refractivity contribution is -0.384. The van der Waals surface area contributed by atoms with Gasteiger partial charge in [-0.2, -0.15) is 0 Å². The Hall–Kier alpha value is -3.49. The van der Waals surface area contributed by atoms with E-state index in [2.05, 4.69) is 5.32 Å². The van der Waals surface area contributed by atoms with E-state index in [9.17, 15) is 24.1 Å². The number of rotatable bonds is 7. The molecule has 0 atom stereocenters. The highest BCUT2D eigenvalue weighted by molar-refractivity contribution is 5.93. The van der Waals surface area contributed by atoms with E-state index in [0.29, 0.717) is 0 Å². The largest absolute Gasteiger partial charge is 0.452 e. The fourth-order valence-corrected chi connectivity index (χ4v) is 2.29. The zero-order valence-corrected chi connectivity index (χ0v) is 14.8. The van der Waals surface area contributed by atoms with Gasteiger partial charge in [-0.25, -0.2) is 9.18 Å². The topological polar surface area (TPSA) is 102 Å². The second kappa shape index (κ2) is 8.75. The Morgan fingerprint density at radius 3 is 2.48 bits per heavy atom. The molecule has 0 spiro atoms. The summed E-state index contributed by atoms with van der Waals surface area (Å²) in [5.41, 5.74) is 0.671. The minimum Gasteiger partial charge on any atom is -0.452 e. The van der Waals surface area contributed by atoms with E-state index in [-0.39, 0.29) is 29.3 Å². The molecule has 2 aromatic carbocycles. The van der Waals surface area contributed by atoms with Crippen molar-refractivity contribution >= 4 is 23.3 Å². The number of nitro benzene ring substituents is 1. The Morgan fingerprint density at radius 1 is 1.22 bits per heavy atom. The molecule has 0 heterocycles. The molecular weight excluding hydrogens is 357 g/mol. The predicted molar refractivity (Wildman–Crippen MR) is 95.8 cm³/mol. The summed E-state index contributed by atoms with van der Waals surface area (Å²) in [7, 11) is 3.04. The first-order valence-electron chi connectivity index (χ1n) is 7.93. The van der Waals surface area contributed by atoms with E-state index >= 15 is 0 Å². The Morgan fingerprint density at radius 2 is 1.89 bits per heavy atom. The number of carbonyl (C=O) groups is 2. The quantitative estimate of drug-likeness (QED) is 0.453. The zero-order valence-electron chi connectivity index (χ0n) is 14.8. The van der Waals surface area contributed by atoms with Gasteiger partial charge in [-0.15, -0.1) is 0 Å². The van der Waals surface area contributed by atoms with Crippen LogP contribution in [0.3, 0.4) is 0 Å². The Bertz CT molecular complexity index is 855. The molecule has 0 saturated heterocycles. The standard InChI is InChI=1S/C18H18FN3O5/c1-20-15-8-5-13(9-16(15)22(25)26)18(24)27-11-17(23)21(2)10-12-3-6-14(19)7-4-12/h3-9,20H,10-11H2,1-2H3. The summed E-state index contributed by atoms with van der Waals surface area (Å²) in [5.74, 6) is -1.68. The molecule has 2 rings (SSSR count). The predicted octanol–water partition coefficient (Wildman–Crippen LogP) is 2.59. The molecule has 0 aliphatic heterocycles. The molecule has 0 aromatic heterocycles. The van der Waals surface area contributed by atoms with E-state index < -0.39 is 23.4 Å². The number of esters is 1. The first kappa shape index (κ1) is 19.8. The zero-order chi connectivity index (χ0) is 20.0. The van der Waals surface area contributed by atoms with Crippen LogP contribution in [0.2, 0.25) is 0 Å². The number of ether oxygens (including phenoxy) is 1. The number of anilines is 1. The molecule has 1 amide bonds. The van der Waals surface area contributed by atoms with Crippen LogP contribution < -0.4 is 5.32 Å². The number of nitro groups is 1. The molecule has 9 heteroatoms. The van der Waals surface area contributed by atoms with Crippen molar-refractivity contribution in [3.05, 3.63) is 69.5 Å². The minimum atomic E-state index is -0.843. The Balaban J connectivity index is 1.96. The molecule has 0 saturated carbocycles. The van der Waals surface area contributed by atoms with Gasteiger partial charge >= 0.3 is 5.97 Å². The van der Waals surface area contributed by atoms with Gasteiger partial charge in [0.2, 0.25) is 0 Å². The van der Waals surface area contributed by atoms with Gasteiger partial charge in [-0.3, -0.25) is 14.9 Å². The summed E-state index contributed by atoms with van der Waals surface area (Å²) >= 11 is 0. The maximum Gasteiger partial charge on any atom is 0.338 e. The number of hydrogen-bond donors (Lipinski definition) is 1. The van der Waals surface area contributed by atoms with Crippen LogP contribution >= 0.6 is 0 Å². The van der Waals surface area contributed by atoms with Crippen molar-refractivity contribution in [3.8, 4) is 0 Å². The number of carbonyl (C=O) groups excluding carboxylic acids is 2. The van der Waals surface area contributed by atoms with Crippen molar-refractivity contribution in [2.75, 3.05) is 26.0 Å². The molecule has 0 aliphatic carbocycles. The average Bonchev–Trinajstić information content (AvgIpc) is 2.66. The van der Waals surface area contributed by atoms with Crippen LogP contribution in [0.4, 0.5) is 15.8 Å². The van der Waals surface area contributed by atoms with Crippen LogP contribution in [0, 0.1) is 15.9 Å². The van der Waals surface area contributed by atoms with Gasteiger partial charge in [0.1, 0.15) is 11.5 Å². The molecule has 0 unspecified atom stereocenters. The summed E-state index contributed by atoms with van der Waals surface area (Å²) in [5, 5.41) is 13.7. The Kier molecular flexibility index (Phi) is 6.42. The maximum absolute atomic E-state index is 12.9. The lowest BCUT2D eigenvalue weighted by atomic mass is 10.1. The van der Waals surface area contributed by atoms with Crippen LogP contribution in [-0.4, -0.2) is 42.4 Å². The van der Waals surface area contributed by atoms with Crippen molar-refractivity contribution < 1.29 is 23.6 Å². The van der Waals surface area contributed by atoms with Crippen molar-refractivity contribution in [2.24, 2.45) is 0 Å². The molecule has 142 valence electrons. The molecule has 27 heavy (non-hydrogen) atoms. The minimum absolute atomic E-state index is 0.0327. The normalized spacial score (nSPS) is 10.2. The second-order valence-electron chi connectivity index (χ2n) is 5.69. The van der Waals surface area contributed by atoms with Gasteiger partial charge < -0.3 is 15.0 Å². The van der Waals surface area contributed by atoms with Gasteiger partial charge in [-0.1, -0.05) is 12.1 Å². The first-order valence-corrected chi connectivity index (χ1v) is 7.93. The number of likely N-dealkylation sites (N-methyl/N-ethyl adjacent to an activating group) is 1. The number of halogens is 1. The number of nitrogens with one attached hydrogen (secondary N) is 1. The number of hydrogen-bond acceptors (Lipinski definition) is 6. The SMILES string of the molecule is CNc1ccc(C(=O)OCC(=O)N(C)Cc2ccc(F)cc2)cc1[N+](=O)[O-]. The third-order valence-electron chi connectivity index (χ3n) is 3.78. The second-order valence-corrected chi connectivity index (χ2v) is 5.69.